The van der Waals surface area contributed by atoms with Crippen molar-refractivity contribution in [1.29, 1.82) is 0 Å². The van der Waals surface area contributed by atoms with E-state index < -0.39 is 14.9 Å². The number of sulfonamides is 1. The number of rotatable bonds is 19. The lowest BCUT2D eigenvalue weighted by Gasteiger charge is -2.36. The molecule has 328 valence electrons. The second-order valence-corrected chi connectivity index (χ2v) is 18.7. The highest BCUT2D eigenvalue weighted by Crippen LogP contribution is 2.33. The van der Waals surface area contributed by atoms with Gasteiger partial charge in [-0.1, -0.05) is 72.3 Å². The Hall–Kier alpha value is -6.10. The molecule has 0 saturated carbocycles. The molecule has 3 heterocycles. The summed E-state index contributed by atoms with van der Waals surface area (Å²) in [5.41, 5.74) is 6.02. The molecule has 0 spiro atoms. The van der Waals surface area contributed by atoms with Crippen molar-refractivity contribution in [3.63, 3.8) is 0 Å². The van der Waals surface area contributed by atoms with Crippen LogP contribution in [0, 0.1) is 10.1 Å². The van der Waals surface area contributed by atoms with Crippen molar-refractivity contribution in [2.75, 3.05) is 60.0 Å². The third-order valence-corrected chi connectivity index (χ3v) is 13.9. The van der Waals surface area contributed by atoms with Gasteiger partial charge in [-0.3, -0.25) is 24.7 Å². The van der Waals surface area contributed by atoms with Crippen molar-refractivity contribution < 1.29 is 13.3 Å². The molecule has 2 aromatic heterocycles. The molecular weight excluding hydrogens is 866 g/mol. The Bertz CT molecular complexity index is 2780. The normalized spacial score (nSPS) is 13.7. The van der Waals surface area contributed by atoms with E-state index in [1.165, 1.54) is 29.6 Å². The molecule has 0 aliphatic carbocycles. The van der Waals surface area contributed by atoms with Crippen molar-refractivity contribution in [3.8, 4) is 11.1 Å². The van der Waals surface area contributed by atoms with Gasteiger partial charge in [0.05, 0.1) is 15.3 Å². The van der Waals surface area contributed by atoms with Gasteiger partial charge in [-0.25, -0.2) is 18.4 Å². The largest absolute Gasteiger partial charge is 0.376 e. The molecular formula is C48H48ClN9O4S2. The summed E-state index contributed by atoms with van der Waals surface area (Å²) in [6, 6.07) is 41.6. The number of hydrogen-bond donors (Lipinski definition) is 3. The second-order valence-electron chi connectivity index (χ2n) is 15.5. The number of aromatic nitrogens is 3. The van der Waals surface area contributed by atoms with E-state index in [2.05, 4.69) is 76.5 Å². The molecule has 1 aliphatic rings. The maximum Gasteiger partial charge on any atom is 0.293 e. The summed E-state index contributed by atoms with van der Waals surface area (Å²) >= 11 is 7.80. The zero-order chi connectivity index (χ0) is 44.3. The van der Waals surface area contributed by atoms with Crippen molar-refractivity contribution >= 4 is 67.2 Å². The van der Waals surface area contributed by atoms with Gasteiger partial charge >= 0.3 is 0 Å². The average molecular weight is 915 g/mol. The summed E-state index contributed by atoms with van der Waals surface area (Å²) in [6.07, 6.45) is 4.54. The topological polar surface area (TPSA) is 159 Å². The van der Waals surface area contributed by atoms with Crippen molar-refractivity contribution in [1.82, 2.24) is 25.2 Å². The van der Waals surface area contributed by atoms with Gasteiger partial charge < -0.3 is 15.5 Å². The molecule has 5 aromatic carbocycles. The minimum absolute atomic E-state index is 0.0825. The van der Waals surface area contributed by atoms with Crippen LogP contribution in [0.4, 0.5) is 22.9 Å². The van der Waals surface area contributed by atoms with E-state index in [9.17, 15) is 18.5 Å². The number of halogens is 1. The summed E-state index contributed by atoms with van der Waals surface area (Å²) in [6.45, 7) is 5.55. The lowest BCUT2D eigenvalue weighted by molar-refractivity contribution is -0.384. The Morgan fingerprint density at radius 1 is 0.812 bits per heavy atom. The monoisotopic (exact) mass is 913 g/mol. The highest BCUT2D eigenvalue weighted by molar-refractivity contribution is 7.99. The molecule has 8 rings (SSSR count). The van der Waals surface area contributed by atoms with Crippen LogP contribution in [0.3, 0.4) is 0 Å². The predicted octanol–water partition coefficient (Wildman–Crippen LogP) is 9.17. The first-order chi connectivity index (χ1) is 31.2. The summed E-state index contributed by atoms with van der Waals surface area (Å²) in [5, 5.41) is 20.5. The highest BCUT2D eigenvalue weighted by Gasteiger charge is 2.25. The number of hydrogen-bond acceptors (Lipinski definition) is 12. The van der Waals surface area contributed by atoms with Gasteiger partial charge in [-0.05, 0) is 96.4 Å². The van der Waals surface area contributed by atoms with Crippen molar-refractivity contribution in [2.45, 2.75) is 35.2 Å². The summed E-state index contributed by atoms with van der Waals surface area (Å²) in [4.78, 5) is 30.6. The zero-order valence-corrected chi connectivity index (χ0v) is 37.4. The first-order valence-corrected chi connectivity index (χ1v) is 24.0. The Kier molecular flexibility index (Phi) is 14.6. The van der Waals surface area contributed by atoms with Crippen LogP contribution >= 0.6 is 23.4 Å². The van der Waals surface area contributed by atoms with Gasteiger partial charge in [0.2, 0.25) is 0 Å². The minimum atomic E-state index is -4.29. The van der Waals surface area contributed by atoms with Crippen LogP contribution in [-0.4, -0.2) is 84.3 Å². The van der Waals surface area contributed by atoms with Crippen LogP contribution < -0.4 is 20.3 Å². The number of nitrogens with one attached hydrogen (secondary N) is 3. The Labute approximate surface area is 382 Å². The molecule has 1 aliphatic heterocycles. The van der Waals surface area contributed by atoms with Crippen LogP contribution in [0.5, 0.6) is 0 Å². The predicted molar refractivity (Wildman–Crippen MR) is 258 cm³/mol. The number of anilines is 3. The highest BCUT2D eigenvalue weighted by atomic mass is 35.5. The molecule has 1 fully saturated rings. The number of nitrogens with zero attached hydrogens (tertiary/aromatic N) is 6. The van der Waals surface area contributed by atoms with Crippen LogP contribution in [0.1, 0.15) is 17.7 Å². The quantitative estimate of drug-likeness (QED) is 0.0306. The first kappa shape index (κ1) is 44.5. The third kappa shape index (κ3) is 11.5. The second kappa shape index (κ2) is 21.1. The fourth-order valence-corrected chi connectivity index (χ4v) is 9.90. The van der Waals surface area contributed by atoms with Crippen LogP contribution in [-0.2, 0) is 23.0 Å². The smallest absolute Gasteiger partial charge is 0.293 e. The van der Waals surface area contributed by atoms with Gasteiger partial charge in [0, 0.05) is 96.4 Å². The van der Waals surface area contributed by atoms with Crippen molar-refractivity contribution in [3.05, 3.63) is 172 Å². The van der Waals surface area contributed by atoms with Crippen LogP contribution in [0.2, 0.25) is 5.02 Å². The third-order valence-electron chi connectivity index (χ3n) is 11.1. The number of nitro benzene ring substituents is 1. The van der Waals surface area contributed by atoms with Gasteiger partial charge in [-0.15, -0.1) is 11.8 Å². The van der Waals surface area contributed by atoms with E-state index >= 15 is 0 Å². The Morgan fingerprint density at radius 2 is 1.59 bits per heavy atom. The molecule has 7 aromatic rings. The molecule has 64 heavy (non-hydrogen) atoms. The lowest BCUT2D eigenvalue weighted by atomic mass is 9.99. The van der Waals surface area contributed by atoms with Crippen LogP contribution in [0.25, 0.3) is 22.0 Å². The molecule has 0 radical (unpaired) electrons. The molecule has 1 saturated heterocycles. The average Bonchev–Trinajstić information content (AvgIpc) is 3.32. The minimum Gasteiger partial charge on any atom is -0.376 e. The number of fused-ring (bicyclic) bond motifs is 1. The maximum absolute atomic E-state index is 13.9. The van der Waals surface area contributed by atoms with Gasteiger partial charge in [0.15, 0.2) is 5.82 Å². The number of benzene rings is 5. The number of nitro groups is 1. The lowest BCUT2D eigenvalue weighted by Crippen LogP contribution is -2.46. The van der Waals surface area contributed by atoms with E-state index in [4.69, 9.17) is 11.6 Å². The maximum atomic E-state index is 13.9. The van der Waals surface area contributed by atoms with E-state index in [0.29, 0.717) is 34.6 Å². The molecule has 16 heteroatoms. The Morgan fingerprint density at radius 3 is 2.38 bits per heavy atom. The molecule has 13 nitrogen and oxygen atoms in total. The standard InChI is InChI=1S/C48H48ClN9O4S2/c49-37-15-13-35(14-16-37)43-12-5-4-8-36(43)32-56-26-28-57(29-27-56)40-17-19-44-46(30-40)52-34-53-48(44)55-64(61,62)42-18-20-45(47(31-42)58(59)60)54-39(33-63-41-10-2-1-3-11-41)22-25-50-24-21-38-9-6-7-23-51-38/h1-20,23,30-31,34,39,50,54H,21-22,24-29,32-33H2,(H,52,53,55). The van der Waals surface area contributed by atoms with E-state index in [0.717, 1.165) is 73.6 Å². The fourth-order valence-electron chi connectivity index (χ4n) is 7.73. The first-order valence-electron chi connectivity index (χ1n) is 21.1. The number of thioether (sulfide) groups is 1. The molecule has 1 unspecified atom stereocenters. The van der Waals surface area contributed by atoms with Crippen molar-refractivity contribution in [2.24, 2.45) is 0 Å². The summed E-state index contributed by atoms with van der Waals surface area (Å²) < 4.78 is 30.3. The fraction of sp³-hybridized carbons (Fsp3) is 0.229. The van der Waals surface area contributed by atoms with Gasteiger partial charge in [-0.2, -0.15) is 0 Å². The Balaban J connectivity index is 0.917. The van der Waals surface area contributed by atoms with E-state index in [1.807, 2.05) is 78.9 Å². The summed E-state index contributed by atoms with van der Waals surface area (Å²) in [5.74, 6) is 0.712. The summed E-state index contributed by atoms with van der Waals surface area (Å²) in [7, 11) is -4.29. The number of piperazine rings is 1. The van der Waals surface area contributed by atoms with E-state index in [1.54, 1.807) is 18.0 Å². The van der Waals surface area contributed by atoms with Crippen LogP contribution in [0.15, 0.2) is 156 Å². The number of pyridine rings is 1. The van der Waals surface area contributed by atoms with Gasteiger partial charge in [0.1, 0.15) is 12.0 Å². The molecule has 3 N–H and O–H groups in total. The SMILES string of the molecule is O=[N+]([O-])c1cc(S(=O)(=O)Nc2ncnc3cc(N4CCN(Cc5ccccc5-c5ccc(Cl)cc5)CC4)ccc23)ccc1NC(CCNCCc1ccccn1)CSc1ccccc1. The van der Waals surface area contributed by atoms with E-state index in [-0.39, 0.29) is 28.1 Å². The molecule has 0 bridgehead atoms. The molecule has 0 amide bonds. The molecule has 1 atom stereocenters. The zero-order valence-electron chi connectivity index (χ0n) is 35.0. The van der Waals surface area contributed by atoms with Gasteiger partial charge in [0.25, 0.3) is 15.7 Å².